The molecule has 0 aliphatic rings. The second kappa shape index (κ2) is 9.10. The summed E-state index contributed by atoms with van der Waals surface area (Å²) >= 11 is 11.5. The largest absolute Gasteiger partial charge is 0.490 e. The lowest BCUT2D eigenvalue weighted by Crippen LogP contribution is -2.43. The van der Waals surface area contributed by atoms with Gasteiger partial charge < -0.3 is 9.47 Å². The minimum atomic E-state index is -0.589. The van der Waals surface area contributed by atoms with Crippen LogP contribution >= 0.6 is 23.2 Å². The second-order valence-electron chi connectivity index (χ2n) is 4.67. The summed E-state index contributed by atoms with van der Waals surface area (Å²) in [7, 11) is 0. The lowest BCUT2D eigenvalue weighted by atomic mass is 10.3. The number of carbonyl (C=O) groups excluding carboxylic acids is 2. The highest BCUT2D eigenvalue weighted by Gasteiger charge is 2.11. The topological polar surface area (TPSA) is 89.5 Å². The summed E-state index contributed by atoms with van der Waals surface area (Å²) in [6, 6.07) is 8.31. The third-order valence-electron chi connectivity index (χ3n) is 2.88. The zero-order chi connectivity index (χ0) is 18.2. The molecule has 0 spiro atoms. The SMILES string of the molecule is CCOc1ccccc1OCC(=O)NNC(=O)c1cnc(Cl)c(Cl)c1. The molecule has 1 aromatic carbocycles. The van der Waals surface area contributed by atoms with Crippen LogP contribution < -0.4 is 20.3 Å². The normalized spacial score (nSPS) is 10.0. The van der Waals surface area contributed by atoms with E-state index in [0.29, 0.717) is 18.1 Å². The minimum absolute atomic E-state index is 0.0867. The van der Waals surface area contributed by atoms with Crippen LogP contribution in [0.3, 0.4) is 0 Å². The standard InChI is InChI=1S/C16H15Cl2N3O4/c1-2-24-12-5-3-4-6-13(12)25-9-14(22)20-21-16(23)10-7-11(17)15(18)19-8-10/h3-8H,2,9H2,1H3,(H,20,22)(H,21,23). The molecule has 7 nitrogen and oxygen atoms in total. The molecule has 0 saturated heterocycles. The maximum Gasteiger partial charge on any atom is 0.276 e. The van der Waals surface area contributed by atoms with E-state index in [1.807, 2.05) is 6.92 Å². The summed E-state index contributed by atoms with van der Waals surface area (Å²) in [5, 5.41) is 0.222. The van der Waals surface area contributed by atoms with Gasteiger partial charge in [-0.05, 0) is 25.1 Å². The van der Waals surface area contributed by atoms with E-state index in [2.05, 4.69) is 15.8 Å². The fourth-order valence-corrected chi connectivity index (χ4v) is 2.04. The molecule has 2 amide bonds. The van der Waals surface area contributed by atoms with E-state index in [1.54, 1.807) is 24.3 Å². The van der Waals surface area contributed by atoms with Gasteiger partial charge in [-0.25, -0.2) is 4.98 Å². The van der Waals surface area contributed by atoms with Gasteiger partial charge >= 0.3 is 0 Å². The maximum absolute atomic E-state index is 11.9. The number of para-hydroxylation sites is 2. The highest BCUT2D eigenvalue weighted by Crippen LogP contribution is 2.26. The summed E-state index contributed by atoms with van der Waals surface area (Å²) in [4.78, 5) is 27.4. The van der Waals surface area contributed by atoms with E-state index in [-0.39, 0.29) is 22.3 Å². The van der Waals surface area contributed by atoms with Gasteiger partial charge in [-0.3, -0.25) is 20.4 Å². The Labute approximate surface area is 154 Å². The average Bonchev–Trinajstić information content (AvgIpc) is 2.61. The highest BCUT2D eigenvalue weighted by atomic mass is 35.5. The predicted octanol–water partition coefficient (Wildman–Crippen LogP) is 2.63. The number of aromatic nitrogens is 1. The minimum Gasteiger partial charge on any atom is -0.490 e. The molecular weight excluding hydrogens is 369 g/mol. The maximum atomic E-state index is 11.9. The van der Waals surface area contributed by atoms with E-state index in [0.717, 1.165) is 0 Å². The lowest BCUT2D eigenvalue weighted by molar-refractivity contribution is -0.123. The Hall–Kier alpha value is -2.51. The molecule has 0 bridgehead atoms. The molecule has 0 fully saturated rings. The first kappa shape index (κ1) is 18.8. The first-order chi connectivity index (χ1) is 12.0. The van der Waals surface area contributed by atoms with Crippen LogP contribution in [0.25, 0.3) is 0 Å². The second-order valence-corrected chi connectivity index (χ2v) is 5.43. The Morgan fingerprint density at radius 1 is 1.12 bits per heavy atom. The number of pyridine rings is 1. The molecule has 1 aromatic heterocycles. The monoisotopic (exact) mass is 383 g/mol. The lowest BCUT2D eigenvalue weighted by Gasteiger charge is -2.12. The quantitative estimate of drug-likeness (QED) is 0.591. The Balaban J connectivity index is 1.84. The van der Waals surface area contributed by atoms with Crippen molar-refractivity contribution < 1.29 is 19.1 Å². The van der Waals surface area contributed by atoms with Crippen molar-refractivity contribution in [1.29, 1.82) is 0 Å². The number of ether oxygens (including phenoxy) is 2. The number of nitrogens with zero attached hydrogens (tertiary/aromatic N) is 1. The van der Waals surface area contributed by atoms with Crippen LogP contribution in [-0.4, -0.2) is 30.0 Å². The smallest absolute Gasteiger partial charge is 0.276 e. The first-order valence-corrected chi connectivity index (χ1v) is 8.01. The fraction of sp³-hybridized carbons (Fsp3) is 0.188. The first-order valence-electron chi connectivity index (χ1n) is 7.26. The molecule has 132 valence electrons. The highest BCUT2D eigenvalue weighted by molar-refractivity contribution is 6.41. The van der Waals surface area contributed by atoms with E-state index >= 15 is 0 Å². The van der Waals surface area contributed by atoms with Crippen molar-refractivity contribution in [2.24, 2.45) is 0 Å². The Morgan fingerprint density at radius 2 is 1.80 bits per heavy atom. The van der Waals surface area contributed by atoms with Crippen LogP contribution in [0.15, 0.2) is 36.5 Å². The predicted molar refractivity (Wildman–Crippen MR) is 93.0 cm³/mol. The molecule has 0 unspecified atom stereocenters. The van der Waals surface area contributed by atoms with Crippen LogP contribution in [0.5, 0.6) is 11.5 Å². The van der Waals surface area contributed by atoms with E-state index in [9.17, 15) is 9.59 Å². The van der Waals surface area contributed by atoms with Crippen molar-refractivity contribution in [3.05, 3.63) is 52.3 Å². The van der Waals surface area contributed by atoms with Crippen molar-refractivity contribution in [2.75, 3.05) is 13.2 Å². The number of hydrazine groups is 1. The van der Waals surface area contributed by atoms with Crippen LogP contribution in [0.2, 0.25) is 10.2 Å². The number of benzene rings is 1. The van der Waals surface area contributed by atoms with Crippen molar-refractivity contribution in [2.45, 2.75) is 6.92 Å². The number of hydrogen-bond acceptors (Lipinski definition) is 5. The molecule has 2 rings (SSSR count). The van der Waals surface area contributed by atoms with Gasteiger partial charge in [0.2, 0.25) is 0 Å². The van der Waals surface area contributed by atoms with Crippen LogP contribution in [0, 0.1) is 0 Å². The number of nitrogens with one attached hydrogen (secondary N) is 2. The van der Waals surface area contributed by atoms with E-state index in [1.165, 1.54) is 12.3 Å². The average molecular weight is 384 g/mol. The Kier molecular flexibility index (Phi) is 6.85. The van der Waals surface area contributed by atoms with E-state index in [4.69, 9.17) is 32.7 Å². The van der Waals surface area contributed by atoms with Crippen molar-refractivity contribution in [3.63, 3.8) is 0 Å². The van der Waals surface area contributed by atoms with Crippen molar-refractivity contribution in [1.82, 2.24) is 15.8 Å². The molecule has 0 atom stereocenters. The van der Waals surface area contributed by atoms with Crippen LogP contribution in [0.4, 0.5) is 0 Å². The number of halogens is 2. The molecule has 0 aliphatic heterocycles. The van der Waals surface area contributed by atoms with Gasteiger partial charge in [0.25, 0.3) is 11.8 Å². The zero-order valence-electron chi connectivity index (χ0n) is 13.2. The van der Waals surface area contributed by atoms with Gasteiger partial charge in [0.05, 0.1) is 17.2 Å². The summed E-state index contributed by atoms with van der Waals surface area (Å²) in [5.41, 5.74) is 4.61. The molecule has 9 heteroatoms. The zero-order valence-corrected chi connectivity index (χ0v) is 14.7. The fourth-order valence-electron chi connectivity index (χ4n) is 1.77. The summed E-state index contributed by atoms with van der Waals surface area (Å²) in [5.74, 6) is -0.176. The summed E-state index contributed by atoms with van der Waals surface area (Å²) in [6.07, 6.45) is 1.24. The molecule has 0 saturated carbocycles. The summed E-state index contributed by atoms with van der Waals surface area (Å²) in [6.45, 7) is 2.02. The van der Waals surface area contributed by atoms with Crippen molar-refractivity contribution >= 4 is 35.0 Å². The van der Waals surface area contributed by atoms with Gasteiger partial charge in [0, 0.05) is 6.20 Å². The van der Waals surface area contributed by atoms with Crippen LogP contribution in [0.1, 0.15) is 17.3 Å². The number of amides is 2. The molecule has 0 radical (unpaired) electrons. The third kappa shape index (κ3) is 5.51. The van der Waals surface area contributed by atoms with Gasteiger partial charge in [-0.15, -0.1) is 0 Å². The van der Waals surface area contributed by atoms with Crippen LogP contribution in [-0.2, 0) is 4.79 Å². The van der Waals surface area contributed by atoms with Gasteiger partial charge in [0.15, 0.2) is 18.1 Å². The van der Waals surface area contributed by atoms with Crippen molar-refractivity contribution in [3.8, 4) is 11.5 Å². The molecule has 2 N–H and O–H groups in total. The number of carbonyl (C=O) groups is 2. The Morgan fingerprint density at radius 3 is 2.44 bits per heavy atom. The number of hydrogen-bond donors (Lipinski definition) is 2. The molecule has 0 aliphatic carbocycles. The van der Waals surface area contributed by atoms with Gasteiger partial charge in [0.1, 0.15) is 5.15 Å². The number of rotatable bonds is 6. The molecule has 2 aromatic rings. The Bertz CT molecular complexity index is 771. The third-order valence-corrected chi connectivity index (χ3v) is 3.57. The molecule has 1 heterocycles. The molecular formula is C16H15Cl2N3O4. The molecule has 25 heavy (non-hydrogen) atoms. The van der Waals surface area contributed by atoms with Gasteiger partial charge in [-0.1, -0.05) is 35.3 Å². The summed E-state index contributed by atoms with van der Waals surface area (Å²) < 4.78 is 10.8. The van der Waals surface area contributed by atoms with E-state index < -0.39 is 11.8 Å². The van der Waals surface area contributed by atoms with Gasteiger partial charge in [-0.2, -0.15) is 0 Å².